The van der Waals surface area contributed by atoms with Crippen LogP contribution in [0.3, 0.4) is 0 Å². The van der Waals surface area contributed by atoms with Gasteiger partial charge in [-0.05, 0) is 38.1 Å². The zero-order valence-electron chi connectivity index (χ0n) is 20.0. The fourth-order valence-corrected chi connectivity index (χ4v) is 4.49. The highest BCUT2D eigenvalue weighted by Crippen LogP contribution is 2.54. The minimum atomic E-state index is -6.35. The van der Waals surface area contributed by atoms with Crippen molar-refractivity contribution in [1.82, 2.24) is 15.2 Å². The number of nitrogens with one attached hydrogen (secondary N) is 1. The summed E-state index contributed by atoms with van der Waals surface area (Å²) in [6, 6.07) is 1.65. The third-order valence-electron chi connectivity index (χ3n) is 6.25. The molecule has 1 aromatic carbocycles. The highest BCUT2D eigenvalue weighted by Gasteiger charge is 2.73. The Labute approximate surface area is 232 Å². The molecule has 1 saturated carbocycles. The Balaban J connectivity index is 1.97. The summed E-state index contributed by atoms with van der Waals surface area (Å²) in [6.07, 6.45) is -7.92. The highest BCUT2D eigenvalue weighted by atomic mass is 35.5. The summed E-state index contributed by atoms with van der Waals surface area (Å²) < 4.78 is 93.1. The van der Waals surface area contributed by atoms with Gasteiger partial charge in [0.2, 0.25) is 0 Å². The van der Waals surface area contributed by atoms with Gasteiger partial charge in [-0.25, -0.2) is 9.37 Å². The van der Waals surface area contributed by atoms with E-state index in [-0.39, 0.29) is 34.0 Å². The SMILES string of the molecule is CNC1(N(C)C(=O)c2cc(C(C=Nc3c(Cl)cc(C(F)(C(F)(F)F)C(F)(F)F)cc3Cl)=CN)cnc2Cl)CC1. The van der Waals surface area contributed by atoms with Crippen LogP contribution < -0.4 is 11.1 Å². The Morgan fingerprint density at radius 2 is 1.62 bits per heavy atom. The molecule has 3 N–H and O–H groups in total. The van der Waals surface area contributed by atoms with Crippen molar-refractivity contribution < 1.29 is 35.5 Å². The highest BCUT2D eigenvalue weighted by molar-refractivity contribution is 6.39. The van der Waals surface area contributed by atoms with Gasteiger partial charge in [-0.1, -0.05) is 34.8 Å². The topological polar surface area (TPSA) is 83.6 Å². The molecule has 39 heavy (non-hydrogen) atoms. The lowest BCUT2D eigenvalue weighted by atomic mass is 9.94. The lowest BCUT2D eigenvalue weighted by Crippen LogP contribution is -2.50. The van der Waals surface area contributed by atoms with E-state index in [0.29, 0.717) is 0 Å². The number of carbonyl (C=O) groups excluding carboxylic acids is 1. The Hall–Kier alpha value is -2.61. The van der Waals surface area contributed by atoms with Crippen molar-refractivity contribution in [2.24, 2.45) is 10.7 Å². The minimum Gasteiger partial charge on any atom is -0.404 e. The number of carbonyl (C=O) groups is 1. The molecule has 0 atom stereocenters. The van der Waals surface area contributed by atoms with Gasteiger partial charge in [-0.15, -0.1) is 0 Å². The number of hydrogen-bond donors (Lipinski definition) is 2. The smallest absolute Gasteiger partial charge is 0.404 e. The molecule has 0 radical (unpaired) electrons. The number of amides is 1. The molecule has 1 aliphatic carbocycles. The van der Waals surface area contributed by atoms with Crippen LogP contribution in [0.2, 0.25) is 15.2 Å². The van der Waals surface area contributed by atoms with Crippen molar-refractivity contribution in [3.63, 3.8) is 0 Å². The Kier molecular flexibility index (Phi) is 8.53. The van der Waals surface area contributed by atoms with E-state index in [1.807, 2.05) is 0 Å². The monoisotopic (exact) mass is 619 g/mol. The number of benzene rings is 1. The maximum absolute atomic E-state index is 14.4. The fraction of sp³-hybridized carbons (Fsp3) is 0.348. The van der Waals surface area contributed by atoms with Gasteiger partial charge >= 0.3 is 18.0 Å². The molecular formula is C23H19Cl3F7N5O. The van der Waals surface area contributed by atoms with E-state index >= 15 is 0 Å². The molecule has 1 amide bonds. The summed E-state index contributed by atoms with van der Waals surface area (Å²) in [7, 11) is 3.30. The normalized spacial score (nSPS) is 16.1. The van der Waals surface area contributed by atoms with Crippen LogP contribution in [0.15, 0.2) is 35.6 Å². The van der Waals surface area contributed by atoms with Gasteiger partial charge in [0.15, 0.2) is 0 Å². The largest absolute Gasteiger partial charge is 0.435 e. The van der Waals surface area contributed by atoms with Crippen LogP contribution in [0.1, 0.15) is 34.3 Å². The van der Waals surface area contributed by atoms with Gasteiger partial charge in [0, 0.05) is 42.4 Å². The summed E-state index contributed by atoms with van der Waals surface area (Å²) in [4.78, 5) is 22.4. The second-order valence-electron chi connectivity index (χ2n) is 8.53. The molecule has 0 spiro atoms. The van der Waals surface area contributed by atoms with E-state index in [9.17, 15) is 35.5 Å². The predicted octanol–water partition coefficient (Wildman–Crippen LogP) is 6.81. The number of rotatable bonds is 7. The minimum absolute atomic E-state index is 0.0324. The molecule has 6 nitrogen and oxygen atoms in total. The third-order valence-corrected chi connectivity index (χ3v) is 7.12. The molecule has 0 unspecified atom stereocenters. The second kappa shape index (κ2) is 10.8. The first kappa shape index (κ1) is 30.9. The first-order valence-corrected chi connectivity index (χ1v) is 12.0. The van der Waals surface area contributed by atoms with Crippen molar-refractivity contribution in [2.45, 2.75) is 36.5 Å². The lowest BCUT2D eigenvalue weighted by Gasteiger charge is -2.30. The summed E-state index contributed by atoms with van der Waals surface area (Å²) >= 11 is 17.9. The van der Waals surface area contributed by atoms with Gasteiger partial charge in [0.25, 0.3) is 5.91 Å². The standard InChI is InChI=1S/C23H19Cl3F7N5O/c1-35-20(3-4-20)38(2)19(39)14-5-11(9-37-18(14)26)12(8-34)10-36-17-15(24)6-13(7-16(17)25)21(27,22(28,29)30)23(31,32)33/h5-10,35H,3-4,34H2,1-2H3. The lowest BCUT2D eigenvalue weighted by molar-refractivity contribution is -0.348. The van der Waals surface area contributed by atoms with Crippen molar-refractivity contribution in [3.05, 3.63) is 62.5 Å². The van der Waals surface area contributed by atoms with Gasteiger partial charge in [-0.3, -0.25) is 15.1 Å². The number of allylic oxidation sites excluding steroid dienone is 1. The van der Waals surface area contributed by atoms with E-state index < -0.39 is 50.9 Å². The molecule has 16 heteroatoms. The number of halogens is 10. The van der Waals surface area contributed by atoms with Gasteiger partial charge in [-0.2, -0.15) is 26.3 Å². The van der Waals surface area contributed by atoms with E-state index in [1.165, 1.54) is 17.2 Å². The number of nitrogens with two attached hydrogens (primary N) is 1. The summed E-state index contributed by atoms with van der Waals surface area (Å²) in [5.74, 6) is -0.444. The first-order valence-electron chi connectivity index (χ1n) is 10.8. The first-order chi connectivity index (χ1) is 17.9. The maximum atomic E-state index is 14.4. The van der Waals surface area contributed by atoms with Crippen molar-refractivity contribution in [2.75, 3.05) is 14.1 Å². The van der Waals surface area contributed by atoms with Crippen LogP contribution in [0, 0.1) is 0 Å². The molecule has 212 valence electrons. The summed E-state index contributed by atoms with van der Waals surface area (Å²) in [5, 5.41) is 1.38. The molecule has 1 heterocycles. The number of alkyl halides is 7. The molecule has 0 saturated heterocycles. The molecule has 0 aliphatic heterocycles. The van der Waals surface area contributed by atoms with E-state index in [0.717, 1.165) is 25.3 Å². The summed E-state index contributed by atoms with van der Waals surface area (Å²) in [5.41, 5.74) is -2.54. The molecular weight excluding hydrogens is 602 g/mol. The quantitative estimate of drug-likeness (QED) is 0.154. The van der Waals surface area contributed by atoms with E-state index in [1.54, 1.807) is 14.1 Å². The van der Waals surface area contributed by atoms with Gasteiger partial charge < -0.3 is 10.6 Å². The Bertz CT molecular complexity index is 1300. The van der Waals surface area contributed by atoms with Crippen LogP contribution in [-0.2, 0) is 5.67 Å². The molecule has 2 aromatic rings. The fourth-order valence-electron chi connectivity index (χ4n) is 3.73. The average Bonchev–Trinajstić information content (AvgIpc) is 3.65. The van der Waals surface area contributed by atoms with Crippen molar-refractivity contribution >= 4 is 58.2 Å². The molecule has 1 aliphatic rings. The zero-order chi connectivity index (χ0) is 29.6. The summed E-state index contributed by atoms with van der Waals surface area (Å²) in [6.45, 7) is 0. The molecule has 1 fully saturated rings. The average molecular weight is 621 g/mol. The van der Waals surface area contributed by atoms with Gasteiger partial charge in [0.1, 0.15) is 10.8 Å². The van der Waals surface area contributed by atoms with Crippen LogP contribution >= 0.6 is 34.8 Å². The number of hydrogen-bond acceptors (Lipinski definition) is 5. The molecule has 3 rings (SSSR count). The number of nitrogens with zero attached hydrogens (tertiary/aromatic N) is 3. The van der Waals surface area contributed by atoms with Gasteiger partial charge in [0.05, 0.1) is 21.3 Å². The Morgan fingerprint density at radius 3 is 2.05 bits per heavy atom. The predicted molar refractivity (Wildman–Crippen MR) is 134 cm³/mol. The number of aromatic nitrogens is 1. The van der Waals surface area contributed by atoms with Crippen molar-refractivity contribution in [3.8, 4) is 0 Å². The zero-order valence-corrected chi connectivity index (χ0v) is 22.3. The van der Waals surface area contributed by atoms with Crippen LogP contribution in [0.4, 0.5) is 36.4 Å². The second-order valence-corrected chi connectivity index (χ2v) is 9.70. The van der Waals surface area contributed by atoms with Crippen LogP contribution in [-0.4, -0.2) is 54.1 Å². The van der Waals surface area contributed by atoms with E-state index in [2.05, 4.69) is 15.3 Å². The van der Waals surface area contributed by atoms with E-state index in [4.69, 9.17) is 40.5 Å². The maximum Gasteiger partial charge on any atom is 0.435 e. The Morgan fingerprint density at radius 1 is 1.08 bits per heavy atom. The number of aliphatic imine (C=N–C) groups is 1. The van der Waals surface area contributed by atoms with Crippen molar-refractivity contribution in [1.29, 1.82) is 0 Å². The molecule has 0 bridgehead atoms. The van der Waals surface area contributed by atoms with Crippen LogP contribution in [0.5, 0.6) is 0 Å². The van der Waals surface area contributed by atoms with Crippen LogP contribution in [0.25, 0.3) is 5.57 Å². The third kappa shape index (κ3) is 5.67. The number of pyridine rings is 1. The molecule has 1 aromatic heterocycles.